The van der Waals surface area contributed by atoms with Crippen molar-refractivity contribution < 1.29 is 22.7 Å². The number of anilines is 1. The van der Waals surface area contributed by atoms with Crippen LogP contribution in [0.1, 0.15) is 37.7 Å². The standard InChI is InChI=1S/C19H25F3N2O2/c1-11-7-15(5-6-16(11)26-10-19(20,21)22)24-18(25)14-8-12-3-2-4-13(9-14)17(12)23/h5-7,12-14,17H,2-4,8-10,23H2,1H3,(H,24,25). The zero-order valence-corrected chi connectivity index (χ0v) is 14.8. The van der Waals surface area contributed by atoms with Crippen molar-refractivity contribution >= 4 is 11.6 Å². The molecule has 0 aliphatic heterocycles. The molecule has 1 aromatic rings. The smallest absolute Gasteiger partial charge is 0.422 e. The molecule has 0 saturated heterocycles. The Morgan fingerprint density at radius 1 is 1.27 bits per heavy atom. The highest BCUT2D eigenvalue weighted by Gasteiger charge is 2.40. The summed E-state index contributed by atoms with van der Waals surface area (Å²) in [6.07, 6.45) is 0.622. The van der Waals surface area contributed by atoms with Crippen LogP contribution in [-0.2, 0) is 4.79 Å². The molecule has 3 N–H and O–H groups in total. The lowest BCUT2D eigenvalue weighted by molar-refractivity contribution is -0.153. The Kier molecular flexibility index (Phi) is 5.46. The third kappa shape index (κ3) is 4.50. The van der Waals surface area contributed by atoms with E-state index in [1.807, 2.05) is 0 Å². The first-order valence-electron chi connectivity index (χ1n) is 9.09. The van der Waals surface area contributed by atoms with Crippen molar-refractivity contribution in [3.8, 4) is 5.75 Å². The van der Waals surface area contributed by atoms with Crippen LogP contribution in [0.5, 0.6) is 5.75 Å². The number of ether oxygens (including phenoxy) is 1. The number of hydrogen-bond acceptors (Lipinski definition) is 3. The SMILES string of the molecule is Cc1cc(NC(=O)C2CC3CCCC(C2)C3N)ccc1OCC(F)(F)F. The number of carbonyl (C=O) groups is 1. The van der Waals surface area contributed by atoms with E-state index in [-0.39, 0.29) is 23.6 Å². The number of aryl methyl sites for hydroxylation is 1. The summed E-state index contributed by atoms with van der Waals surface area (Å²) in [6, 6.07) is 4.88. The number of fused-ring (bicyclic) bond motifs is 2. The highest BCUT2D eigenvalue weighted by Crippen LogP contribution is 2.42. The van der Waals surface area contributed by atoms with Gasteiger partial charge in [-0.2, -0.15) is 13.2 Å². The maximum atomic E-state index is 12.6. The van der Waals surface area contributed by atoms with Crippen LogP contribution in [0.4, 0.5) is 18.9 Å². The molecule has 1 amide bonds. The van der Waals surface area contributed by atoms with E-state index in [9.17, 15) is 18.0 Å². The summed E-state index contributed by atoms with van der Waals surface area (Å²) in [5.74, 6) is 0.915. The van der Waals surface area contributed by atoms with Crippen LogP contribution >= 0.6 is 0 Å². The molecule has 3 rings (SSSR count). The quantitative estimate of drug-likeness (QED) is 0.841. The molecule has 0 aromatic heterocycles. The second-order valence-electron chi connectivity index (χ2n) is 7.57. The molecule has 144 valence electrons. The van der Waals surface area contributed by atoms with Crippen molar-refractivity contribution in [2.24, 2.45) is 23.5 Å². The zero-order chi connectivity index (χ0) is 18.9. The molecule has 2 fully saturated rings. The maximum absolute atomic E-state index is 12.6. The molecular weight excluding hydrogens is 345 g/mol. The van der Waals surface area contributed by atoms with Crippen molar-refractivity contribution in [3.05, 3.63) is 23.8 Å². The van der Waals surface area contributed by atoms with E-state index < -0.39 is 12.8 Å². The van der Waals surface area contributed by atoms with E-state index in [0.717, 1.165) is 25.7 Å². The number of alkyl halides is 3. The Balaban J connectivity index is 1.60. The van der Waals surface area contributed by atoms with Crippen LogP contribution in [0.3, 0.4) is 0 Å². The predicted molar refractivity (Wildman–Crippen MR) is 92.9 cm³/mol. The molecular formula is C19H25F3N2O2. The van der Waals surface area contributed by atoms with Crippen molar-refractivity contribution in [1.82, 2.24) is 0 Å². The molecule has 7 heteroatoms. The number of carbonyl (C=O) groups excluding carboxylic acids is 1. The Morgan fingerprint density at radius 3 is 2.50 bits per heavy atom. The van der Waals surface area contributed by atoms with E-state index >= 15 is 0 Å². The third-order valence-corrected chi connectivity index (χ3v) is 5.62. The van der Waals surface area contributed by atoms with E-state index in [4.69, 9.17) is 10.5 Å². The summed E-state index contributed by atoms with van der Waals surface area (Å²) >= 11 is 0. The average Bonchev–Trinajstić information content (AvgIpc) is 2.52. The minimum atomic E-state index is -4.38. The Hall–Kier alpha value is -1.76. The van der Waals surface area contributed by atoms with Gasteiger partial charge in [-0.25, -0.2) is 0 Å². The van der Waals surface area contributed by atoms with Gasteiger partial charge >= 0.3 is 6.18 Å². The molecule has 0 radical (unpaired) electrons. The summed E-state index contributed by atoms with van der Waals surface area (Å²) in [6.45, 7) is 0.329. The fraction of sp³-hybridized carbons (Fsp3) is 0.632. The first-order valence-corrected chi connectivity index (χ1v) is 9.09. The van der Waals surface area contributed by atoms with E-state index in [2.05, 4.69) is 5.32 Å². The summed E-state index contributed by atoms with van der Waals surface area (Å²) in [5.41, 5.74) is 7.40. The Bertz CT molecular complexity index is 649. The summed E-state index contributed by atoms with van der Waals surface area (Å²) in [7, 11) is 0. The van der Waals surface area contributed by atoms with E-state index in [0.29, 0.717) is 23.1 Å². The van der Waals surface area contributed by atoms with E-state index in [1.165, 1.54) is 12.5 Å². The Labute approximate surface area is 151 Å². The normalized spacial score (nSPS) is 28.5. The van der Waals surface area contributed by atoms with Gasteiger partial charge in [-0.1, -0.05) is 6.42 Å². The lowest BCUT2D eigenvalue weighted by Gasteiger charge is -2.43. The van der Waals surface area contributed by atoms with Crippen LogP contribution in [0, 0.1) is 24.7 Å². The summed E-state index contributed by atoms with van der Waals surface area (Å²) < 4.78 is 41.6. The third-order valence-electron chi connectivity index (χ3n) is 5.62. The molecule has 2 bridgehead atoms. The van der Waals surface area contributed by atoms with Crippen LogP contribution in [0.2, 0.25) is 0 Å². The summed E-state index contributed by atoms with van der Waals surface area (Å²) in [5, 5.41) is 2.90. The largest absolute Gasteiger partial charge is 0.484 e. The number of benzene rings is 1. The van der Waals surface area contributed by atoms with Gasteiger partial charge in [0.15, 0.2) is 6.61 Å². The lowest BCUT2D eigenvalue weighted by Crippen LogP contribution is -2.48. The number of nitrogens with one attached hydrogen (secondary N) is 1. The lowest BCUT2D eigenvalue weighted by atomic mass is 9.65. The molecule has 2 aliphatic rings. The van der Waals surface area contributed by atoms with Gasteiger partial charge in [-0.3, -0.25) is 4.79 Å². The molecule has 0 heterocycles. The first-order chi connectivity index (χ1) is 12.2. The molecule has 26 heavy (non-hydrogen) atoms. The van der Waals surface area contributed by atoms with Crippen LogP contribution in [0.15, 0.2) is 18.2 Å². The second-order valence-corrected chi connectivity index (χ2v) is 7.57. The number of nitrogens with two attached hydrogens (primary N) is 1. The maximum Gasteiger partial charge on any atom is 0.422 e. The monoisotopic (exact) mass is 370 g/mol. The van der Waals surface area contributed by atoms with Crippen LogP contribution < -0.4 is 15.8 Å². The van der Waals surface area contributed by atoms with Gasteiger partial charge in [-0.05, 0) is 68.2 Å². The fourth-order valence-electron chi connectivity index (χ4n) is 4.30. The van der Waals surface area contributed by atoms with E-state index in [1.54, 1.807) is 19.1 Å². The average molecular weight is 370 g/mol. The van der Waals surface area contributed by atoms with Gasteiger partial charge in [0.2, 0.25) is 5.91 Å². The molecule has 1 aromatic carbocycles. The van der Waals surface area contributed by atoms with Crippen molar-refractivity contribution in [2.45, 2.75) is 51.2 Å². The van der Waals surface area contributed by atoms with Gasteiger partial charge < -0.3 is 15.8 Å². The highest BCUT2D eigenvalue weighted by molar-refractivity contribution is 5.92. The molecule has 2 atom stereocenters. The van der Waals surface area contributed by atoms with Crippen molar-refractivity contribution in [2.75, 3.05) is 11.9 Å². The zero-order valence-electron chi connectivity index (χ0n) is 14.8. The molecule has 4 nitrogen and oxygen atoms in total. The van der Waals surface area contributed by atoms with Crippen molar-refractivity contribution in [1.29, 1.82) is 0 Å². The predicted octanol–water partition coefficient (Wildman–Crippen LogP) is 4.03. The molecule has 2 saturated carbocycles. The first kappa shape index (κ1) is 19.0. The molecule has 2 aliphatic carbocycles. The summed E-state index contributed by atoms with van der Waals surface area (Å²) in [4.78, 5) is 12.6. The number of amides is 1. The van der Waals surface area contributed by atoms with Gasteiger partial charge in [0, 0.05) is 17.6 Å². The Morgan fingerprint density at radius 2 is 1.92 bits per heavy atom. The minimum Gasteiger partial charge on any atom is -0.484 e. The van der Waals surface area contributed by atoms with Gasteiger partial charge in [0.1, 0.15) is 5.75 Å². The molecule has 0 spiro atoms. The fourth-order valence-corrected chi connectivity index (χ4v) is 4.30. The second kappa shape index (κ2) is 7.47. The van der Waals surface area contributed by atoms with Crippen LogP contribution in [-0.4, -0.2) is 24.7 Å². The highest BCUT2D eigenvalue weighted by atomic mass is 19.4. The number of halogens is 3. The topological polar surface area (TPSA) is 64.4 Å². The number of hydrogen-bond donors (Lipinski definition) is 2. The molecule has 2 unspecified atom stereocenters. The van der Waals surface area contributed by atoms with Crippen LogP contribution in [0.25, 0.3) is 0 Å². The minimum absolute atomic E-state index is 0.0304. The van der Waals surface area contributed by atoms with Gasteiger partial charge in [0.25, 0.3) is 0 Å². The van der Waals surface area contributed by atoms with Crippen molar-refractivity contribution in [3.63, 3.8) is 0 Å². The van der Waals surface area contributed by atoms with Gasteiger partial charge in [-0.15, -0.1) is 0 Å². The van der Waals surface area contributed by atoms with Gasteiger partial charge in [0.05, 0.1) is 0 Å². The number of rotatable bonds is 4.